The summed E-state index contributed by atoms with van der Waals surface area (Å²) in [6, 6.07) is 8.45. The van der Waals surface area contributed by atoms with Gasteiger partial charge in [-0.1, -0.05) is 35.4 Å². The van der Waals surface area contributed by atoms with Gasteiger partial charge in [0.1, 0.15) is 0 Å². The molecule has 1 aromatic rings. The average Bonchev–Trinajstić information content (AvgIpc) is 1.64. The molecule has 0 spiro atoms. The van der Waals surface area contributed by atoms with Crippen LogP contribution in [0.3, 0.4) is 0 Å². The Hall–Kier alpha value is -0.248. The van der Waals surface area contributed by atoms with Gasteiger partial charge >= 0.3 is 0 Å². The highest BCUT2D eigenvalue weighted by molar-refractivity contribution is 5.75. The lowest BCUT2D eigenvalue weighted by Crippen LogP contribution is -1.71. The Morgan fingerprint density at radius 3 is 1.67 bits per heavy atom. The molecule has 1 rings (SSSR count). The summed E-state index contributed by atoms with van der Waals surface area (Å²) in [5, 5.41) is 0. The standard InChI is InChI=1S/C8H10.Al.3H/c1-7-4-3-5-8(2)6-7;;;;/h3-6H,1-2H3;;;;. The van der Waals surface area contributed by atoms with E-state index in [1.54, 1.807) is 0 Å². The minimum absolute atomic E-state index is 0. The van der Waals surface area contributed by atoms with Crippen LogP contribution in [0.1, 0.15) is 11.1 Å². The van der Waals surface area contributed by atoms with Crippen molar-refractivity contribution in [1.29, 1.82) is 0 Å². The predicted molar refractivity (Wildman–Crippen MR) is 45.9 cm³/mol. The lowest BCUT2D eigenvalue weighted by molar-refractivity contribution is 1.39. The number of rotatable bonds is 0. The van der Waals surface area contributed by atoms with Crippen molar-refractivity contribution in [3.8, 4) is 0 Å². The van der Waals surface area contributed by atoms with Gasteiger partial charge in [0.05, 0.1) is 0 Å². The van der Waals surface area contributed by atoms with Crippen LogP contribution in [0, 0.1) is 13.8 Å². The van der Waals surface area contributed by atoms with Crippen LogP contribution in [0.15, 0.2) is 24.3 Å². The first-order valence-electron chi connectivity index (χ1n) is 2.82. The number of aryl methyl sites for hydroxylation is 2. The Kier molecular flexibility index (Phi) is 3.61. The predicted octanol–water partition coefficient (Wildman–Crippen LogP) is 1.12. The minimum Gasteiger partial charge on any atom is -0.0617 e. The Morgan fingerprint density at radius 1 is 1.00 bits per heavy atom. The Bertz CT molecular complexity index is 164. The maximum absolute atomic E-state index is 2.17. The van der Waals surface area contributed by atoms with E-state index in [4.69, 9.17) is 0 Å². The molecule has 0 radical (unpaired) electrons. The maximum Gasteiger partial charge on any atom is 0.187 e. The molecule has 0 aromatic heterocycles. The van der Waals surface area contributed by atoms with Crippen LogP contribution in [0.5, 0.6) is 0 Å². The molecular weight excluding hydrogens is 123 g/mol. The monoisotopic (exact) mass is 136 g/mol. The summed E-state index contributed by atoms with van der Waals surface area (Å²) >= 11 is 0. The van der Waals surface area contributed by atoms with Gasteiger partial charge in [-0.2, -0.15) is 0 Å². The van der Waals surface area contributed by atoms with Gasteiger partial charge in [-0.25, -0.2) is 0 Å². The van der Waals surface area contributed by atoms with Gasteiger partial charge in [0.2, 0.25) is 0 Å². The highest BCUT2D eigenvalue weighted by Gasteiger charge is 1.80. The summed E-state index contributed by atoms with van der Waals surface area (Å²) in [7, 11) is 0. The fraction of sp³-hybridized carbons (Fsp3) is 0.250. The van der Waals surface area contributed by atoms with E-state index in [-0.39, 0.29) is 17.4 Å². The molecule has 0 nitrogen and oxygen atoms in total. The molecule has 0 aliphatic rings. The number of hydrogen-bond acceptors (Lipinski definition) is 0. The van der Waals surface area contributed by atoms with Crippen LogP contribution < -0.4 is 0 Å². The fourth-order valence-corrected chi connectivity index (χ4v) is 0.807. The van der Waals surface area contributed by atoms with Gasteiger partial charge < -0.3 is 0 Å². The molecule has 0 bridgehead atoms. The van der Waals surface area contributed by atoms with Crippen LogP contribution in [0.4, 0.5) is 0 Å². The molecule has 48 valence electrons. The zero-order valence-corrected chi connectivity index (χ0v) is 5.31. The smallest absolute Gasteiger partial charge is 0.0617 e. The summed E-state index contributed by atoms with van der Waals surface area (Å²) in [4.78, 5) is 0. The second-order valence-electron chi connectivity index (χ2n) is 2.16. The summed E-state index contributed by atoms with van der Waals surface area (Å²) in [5.41, 5.74) is 2.68. The molecule has 9 heavy (non-hydrogen) atoms. The molecule has 0 fully saturated rings. The van der Waals surface area contributed by atoms with Crippen molar-refractivity contribution < 1.29 is 0 Å². The molecule has 0 N–H and O–H groups in total. The largest absolute Gasteiger partial charge is 0.187 e. The van der Waals surface area contributed by atoms with Gasteiger partial charge in [-0.3, -0.25) is 0 Å². The zero-order valence-electron chi connectivity index (χ0n) is 5.31. The van der Waals surface area contributed by atoms with Crippen molar-refractivity contribution in [1.82, 2.24) is 0 Å². The molecule has 1 heteroatoms. The van der Waals surface area contributed by atoms with E-state index >= 15 is 0 Å². The quantitative estimate of drug-likeness (QED) is 0.469. The minimum atomic E-state index is 0. The first-order valence-corrected chi connectivity index (χ1v) is 2.82. The van der Waals surface area contributed by atoms with Crippen LogP contribution >= 0.6 is 0 Å². The van der Waals surface area contributed by atoms with E-state index in [0.29, 0.717) is 0 Å². The van der Waals surface area contributed by atoms with Crippen LogP contribution in [-0.2, 0) is 0 Å². The average molecular weight is 136 g/mol. The van der Waals surface area contributed by atoms with Gasteiger partial charge in [-0.05, 0) is 13.8 Å². The second-order valence-corrected chi connectivity index (χ2v) is 2.16. The summed E-state index contributed by atoms with van der Waals surface area (Å²) < 4.78 is 0. The third-order valence-corrected chi connectivity index (χ3v) is 1.17. The van der Waals surface area contributed by atoms with Gasteiger partial charge in [-0.15, -0.1) is 0 Å². The third-order valence-electron chi connectivity index (χ3n) is 1.17. The molecule has 0 amide bonds. The van der Waals surface area contributed by atoms with Crippen molar-refractivity contribution >= 4 is 17.4 Å². The lowest BCUT2D eigenvalue weighted by Gasteiger charge is -1.90. The molecule has 0 atom stereocenters. The lowest BCUT2D eigenvalue weighted by atomic mass is 10.2. The normalized spacial score (nSPS) is 8.22. The van der Waals surface area contributed by atoms with Crippen LogP contribution in [0.2, 0.25) is 0 Å². The van der Waals surface area contributed by atoms with E-state index in [2.05, 4.69) is 38.1 Å². The first-order chi connectivity index (χ1) is 3.79. The van der Waals surface area contributed by atoms with Crippen molar-refractivity contribution in [2.75, 3.05) is 0 Å². The van der Waals surface area contributed by atoms with Crippen molar-refractivity contribution in [2.45, 2.75) is 13.8 Å². The number of benzene rings is 1. The molecule has 0 heterocycles. The van der Waals surface area contributed by atoms with Crippen molar-refractivity contribution in [3.63, 3.8) is 0 Å². The van der Waals surface area contributed by atoms with E-state index in [9.17, 15) is 0 Å². The molecular formula is C8H13Al. The third kappa shape index (κ3) is 2.70. The molecule has 0 saturated carbocycles. The summed E-state index contributed by atoms with van der Waals surface area (Å²) in [6.45, 7) is 4.21. The zero-order chi connectivity index (χ0) is 5.98. The topological polar surface area (TPSA) is 0 Å². The first kappa shape index (κ1) is 8.75. The molecule has 1 aromatic carbocycles. The maximum atomic E-state index is 2.17. The van der Waals surface area contributed by atoms with Crippen molar-refractivity contribution in [2.24, 2.45) is 0 Å². The van der Waals surface area contributed by atoms with E-state index < -0.39 is 0 Å². The van der Waals surface area contributed by atoms with E-state index in [1.807, 2.05) is 0 Å². The Labute approximate surface area is 67.0 Å². The highest BCUT2D eigenvalue weighted by Crippen LogP contribution is 2.00. The Balaban J connectivity index is 0.000000640. The summed E-state index contributed by atoms with van der Waals surface area (Å²) in [6.07, 6.45) is 0. The van der Waals surface area contributed by atoms with Gasteiger partial charge in [0, 0.05) is 0 Å². The molecule has 0 aliphatic carbocycles. The molecule has 0 saturated heterocycles. The second kappa shape index (κ2) is 3.72. The van der Waals surface area contributed by atoms with Gasteiger partial charge in [0.25, 0.3) is 0 Å². The summed E-state index contributed by atoms with van der Waals surface area (Å²) in [5.74, 6) is 0. The Morgan fingerprint density at radius 2 is 1.44 bits per heavy atom. The molecule has 0 unspecified atom stereocenters. The van der Waals surface area contributed by atoms with Crippen LogP contribution in [0.25, 0.3) is 0 Å². The van der Waals surface area contributed by atoms with Crippen LogP contribution in [-0.4, -0.2) is 17.4 Å². The van der Waals surface area contributed by atoms with Crippen molar-refractivity contribution in [3.05, 3.63) is 35.4 Å². The van der Waals surface area contributed by atoms with E-state index in [0.717, 1.165) is 0 Å². The number of hydrogen-bond donors (Lipinski definition) is 0. The fourth-order valence-electron chi connectivity index (χ4n) is 0.807. The molecule has 0 aliphatic heterocycles. The van der Waals surface area contributed by atoms with Gasteiger partial charge in [0.15, 0.2) is 17.4 Å². The SMILES string of the molecule is Cc1cccc(C)c1.[AlH3]. The highest BCUT2D eigenvalue weighted by atomic mass is 27.0. The van der Waals surface area contributed by atoms with E-state index in [1.165, 1.54) is 11.1 Å².